The Morgan fingerprint density at radius 1 is 1.17 bits per heavy atom. The zero-order valence-electron chi connectivity index (χ0n) is 12.8. The molecule has 1 N–H and O–H groups in total. The van der Waals surface area contributed by atoms with Gasteiger partial charge in [-0.2, -0.15) is 0 Å². The monoisotopic (exact) mass is 325 g/mol. The van der Waals surface area contributed by atoms with Crippen molar-refractivity contribution in [1.29, 1.82) is 0 Å². The summed E-state index contributed by atoms with van der Waals surface area (Å²) in [5.41, 5.74) is 0.784. The maximum Gasteiger partial charge on any atom is 0.306 e. The normalized spacial score (nSPS) is 21.2. The maximum atomic E-state index is 12.8. The molecule has 4 nitrogen and oxygen atoms in total. The fourth-order valence-corrected chi connectivity index (χ4v) is 3.10. The van der Waals surface area contributed by atoms with E-state index in [9.17, 15) is 18.4 Å². The predicted molar refractivity (Wildman–Crippen MR) is 80.9 cm³/mol. The van der Waals surface area contributed by atoms with Crippen molar-refractivity contribution in [3.63, 3.8) is 0 Å². The molecule has 1 aliphatic rings. The molecule has 1 aromatic carbocycles. The molecule has 2 unspecified atom stereocenters. The highest BCUT2D eigenvalue weighted by atomic mass is 19.3. The van der Waals surface area contributed by atoms with Gasteiger partial charge in [0.1, 0.15) is 0 Å². The number of carboxylic acid groups (broad SMARTS) is 1. The van der Waals surface area contributed by atoms with Gasteiger partial charge in [0.05, 0.1) is 12.5 Å². The molecule has 0 heterocycles. The van der Waals surface area contributed by atoms with Gasteiger partial charge in [0, 0.05) is 12.5 Å². The Hall–Kier alpha value is -1.98. The van der Waals surface area contributed by atoms with Crippen LogP contribution in [-0.4, -0.2) is 34.9 Å². The second-order valence-corrected chi connectivity index (χ2v) is 5.99. The maximum absolute atomic E-state index is 12.8. The van der Waals surface area contributed by atoms with Gasteiger partial charge in [0.25, 0.3) is 6.43 Å². The Bertz CT molecular complexity index is 536. The van der Waals surface area contributed by atoms with Crippen LogP contribution in [0.25, 0.3) is 0 Å². The van der Waals surface area contributed by atoms with Crippen molar-refractivity contribution in [2.75, 3.05) is 6.54 Å². The number of carbonyl (C=O) groups excluding carboxylic acids is 1. The van der Waals surface area contributed by atoms with Gasteiger partial charge >= 0.3 is 5.97 Å². The lowest BCUT2D eigenvalue weighted by atomic mass is 9.80. The molecule has 0 spiro atoms. The molecule has 23 heavy (non-hydrogen) atoms. The summed E-state index contributed by atoms with van der Waals surface area (Å²) in [4.78, 5) is 24.9. The number of hydrogen-bond acceptors (Lipinski definition) is 2. The molecule has 2 atom stereocenters. The second kappa shape index (κ2) is 8.04. The van der Waals surface area contributed by atoms with E-state index in [0.717, 1.165) is 10.5 Å². The third-order valence-electron chi connectivity index (χ3n) is 4.26. The highest BCUT2D eigenvalue weighted by molar-refractivity contribution is 5.80. The number of alkyl halides is 2. The van der Waals surface area contributed by atoms with Crippen LogP contribution in [0.4, 0.5) is 8.78 Å². The SMILES string of the molecule is O=C(O)C1CCCC(C(=O)N(Cc2ccccc2)CC(F)F)C1. The van der Waals surface area contributed by atoms with E-state index in [-0.39, 0.29) is 18.9 Å². The first kappa shape index (κ1) is 17.4. The van der Waals surface area contributed by atoms with E-state index in [4.69, 9.17) is 5.11 Å². The van der Waals surface area contributed by atoms with Crippen molar-refractivity contribution >= 4 is 11.9 Å². The number of rotatable bonds is 6. The first-order valence-corrected chi connectivity index (χ1v) is 7.81. The van der Waals surface area contributed by atoms with Crippen molar-refractivity contribution in [3.8, 4) is 0 Å². The lowest BCUT2D eigenvalue weighted by Gasteiger charge is -2.31. The van der Waals surface area contributed by atoms with Crippen molar-refractivity contribution < 1.29 is 23.5 Å². The smallest absolute Gasteiger partial charge is 0.306 e. The van der Waals surface area contributed by atoms with Gasteiger partial charge in [-0.05, 0) is 24.8 Å². The summed E-state index contributed by atoms with van der Waals surface area (Å²) in [6.45, 7) is -0.500. The van der Waals surface area contributed by atoms with Gasteiger partial charge in [-0.15, -0.1) is 0 Å². The number of carboxylic acids is 1. The van der Waals surface area contributed by atoms with Crippen LogP contribution < -0.4 is 0 Å². The number of hydrogen-bond donors (Lipinski definition) is 1. The van der Waals surface area contributed by atoms with Gasteiger partial charge < -0.3 is 10.0 Å². The zero-order valence-corrected chi connectivity index (χ0v) is 12.8. The van der Waals surface area contributed by atoms with Crippen LogP contribution in [0.3, 0.4) is 0 Å². The summed E-state index contributed by atoms with van der Waals surface area (Å²) in [7, 11) is 0. The molecule has 1 amide bonds. The van der Waals surface area contributed by atoms with Crippen LogP contribution in [0.15, 0.2) is 30.3 Å². The van der Waals surface area contributed by atoms with Crippen LogP contribution in [0.1, 0.15) is 31.2 Å². The number of benzene rings is 1. The Morgan fingerprint density at radius 3 is 2.43 bits per heavy atom. The number of nitrogens with zero attached hydrogens (tertiary/aromatic N) is 1. The van der Waals surface area contributed by atoms with Gasteiger partial charge in [0.15, 0.2) is 0 Å². The van der Waals surface area contributed by atoms with Gasteiger partial charge in [0.2, 0.25) is 5.91 Å². The molecular formula is C17H21F2NO3. The summed E-state index contributed by atoms with van der Waals surface area (Å²) in [6, 6.07) is 8.98. The predicted octanol–water partition coefficient (Wildman–Crippen LogP) is 3.17. The highest BCUT2D eigenvalue weighted by Gasteiger charge is 2.34. The number of carbonyl (C=O) groups is 2. The third-order valence-corrected chi connectivity index (χ3v) is 4.26. The number of halogens is 2. The number of aliphatic carboxylic acids is 1. The molecule has 2 rings (SSSR count). The lowest BCUT2D eigenvalue weighted by molar-refractivity contribution is -0.146. The van der Waals surface area contributed by atoms with Crippen molar-refractivity contribution in [2.24, 2.45) is 11.8 Å². The van der Waals surface area contributed by atoms with E-state index >= 15 is 0 Å². The average Bonchev–Trinajstić information content (AvgIpc) is 2.54. The van der Waals surface area contributed by atoms with E-state index in [2.05, 4.69) is 0 Å². The lowest BCUT2D eigenvalue weighted by Crippen LogP contribution is -2.41. The van der Waals surface area contributed by atoms with E-state index in [0.29, 0.717) is 19.3 Å². The van der Waals surface area contributed by atoms with E-state index < -0.39 is 30.8 Å². The minimum atomic E-state index is -2.61. The van der Waals surface area contributed by atoms with Gasteiger partial charge in [-0.1, -0.05) is 36.8 Å². The van der Waals surface area contributed by atoms with Crippen molar-refractivity contribution in [2.45, 2.75) is 38.7 Å². The summed E-state index contributed by atoms with van der Waals surface area (Å²) in [6.07, 6.45) is -0.616. The summed E-state index contributed by atoms with van der Waals surface area (Å²) < 4.78 is 25.7. The topological polar surface area (TPSA) is 57.6 Å². The Kier molecular flexibility index (Phi) is 6.07. The van der Waals surface area contributed by atoms with Crippen molar-refractivity contribution in [1.82, 2.24) is 4.90 Å². The first-order valence-electron chi connectivity index (χ1n) is 7.81. The third kappa shape index (κ3) is 5.01. The molecule has 1 saturated carbocycles. The largest absolute Gasteiger partial charge is 0.481 e. The average molecular weight is 325 g/mol. The van der Waals surface area contributed by atoms with Crippen LogP contribution in [0.2, 0.25) is 0 Å². The molecule has 6 heteroatoms. The highest BCUT2D eigenvalue weighted by Crippen LogP contribution is 2.31. The molecule has 1 aliphatic carbocycles. The summed E-state index contributed by atoms with van der Waals surface area (Å²) >= 11 is 0. The van der Waals surface area contributed by atoms with E-state index in [1.54, 1.807) is 24.3 Å². The molecule has 0 bridgehead atoms. The molecule has 0 aromatic heterocycles. The molecule has 0 aliphatic heterocycles. The Morgan fingerprint density at radius 2 is 1.83 bits per heavy atom. The van der Waals surface area contributed by atoms with Crippen LogP contribution >= 0.6 is 0 Å². The molecule has 0 saturated heterocycles. The summed E-state index contributed by atoms with van der Waals surface area (Å²) in [5, 5.41) is 9.11. The molecular weight excluding hydrogens is 304 g/mol. The zero-order chi connectivity index (χ0) is 16.8. The minimum Gasteiger partial charge on any atom is -0.481 e. The minimum absolute atomic E-state index is 0.123. The molecule has 1 aromatic rings. The number of amides is 1. The van der Waals surface area contributed by atoms with Crippen LogP contribution in [0, 0.1) is 11.8 Å². The molecule has 1 fully saturated rings. The van der Waals surface area contributed by atoms with Gasteiger partial charge in [-0.3, -0.25) is 9.59 Å². The van der Waals surface area contributed by atoms with Crippen molar-refractivity contribution in [3.05, 3.63) is 35.9 Å². The van der Waals surface area contributed by atoms with Crippen LogP contribution in [0.5, 0.6) is 0 Å². The molecule has 126 valence electrons. The van der Waals surface area contributed by atoms with Crippen LogP contribution in [-0.2, 0) is 16.1 Å². The molecule has 0 radical (unpaired) electrons. The van der Waals surface area contributed by atoms with E-state index in [1.807, 2.05) is 6.07 Å². The second-order valence-electron chi connectivity index (χ2n) is 5.99. The Balaban J connectivity index is 2.08. The van der Waals surface area contributed by atoms with E-state index in [1.165, 1.54) is 0 Å². The fourth-order valence-electron chi connectivity index (χ4n) is 3.10. The first-order chi connectivity index (χ1) is 11.0. The Labute approximate surface area is 134 Å². The standard InChI is InChI=1S/C17H21F2NO3/c18-15(19)11-20(10-12-5-2-1-3-6-12)16(21)13-7-4-8-14(9-13)17(22)23/h1-3,5-6,13-15H,4,7-11H2,(H,22,23). The summed E-state index contributed by atoms with van der Waals surface area (Å²) in [5.74, 6) is -2.30. The van der Waals surface area contributed by atoms with Gasteiger partial charge in [-0.25, -0.2) is 8.78 Å². The quantitative estimate of drug-likeness (QED) is 0.874. The fraction of sp³-hybridized carbons (Fsp3) is 0.529.